The SMILES string of the molecule is CC1C[C@]2(C)C[C@@H]1C(C)(C)[C@H]2O. The van der Waals surface area contributed by atoms with E-state index in [1.54, 1.807) is 0 Å². The highest BCUT2D eigenvalue weighted by atomic mass is 16.3. The molecule has 2 saturated carbocycles. The first-order chi connectivity index (χ1) is 5.38. The molecule has 1 unspecified atom stereocenters. The fourth-order valence-corrected chi connectivity index (χ4v) is 3.99. The molecule has 2 rings (SSSR count). The Labute approximate surface area is 75.2 Å². The van der Waals surface area contributed by atoms with Crippen LogP contribution in [0.5, 0.6) is 0 Å². The van der Waals surface area contributed by atoms with Gasteiger partial charge in [0.05, 0.1) is 6.10 Å². The maximum absolute atomic E-state index is 10.1. The summed E-state index contributed by atoms with van der Waals surface area (Å²) in [4.78, 5) is 0. The molecule has 2 fully saturated rings. The van der Waals surface area contributed by atoms with Crippen molar-refractivity contribution in [1.82, 2.24) is 0 Å². The molecule has 0 heterocycles. The minimum absolute atomic E-state index is 0.0776. The molecule has 0 saturated heterocycles. The number of aliphatic hydroxyl groups is 1. The third-order valence-corrected chi connectivity index (χ3v) is 4.48. The van der Waals surface area contributed by atoms with Crippen LogP contribution in [-0.2, 0) is 0 Å². The van der Waals surface area contributed by atoms with Gasteiger partial charge < -0.3 is 5.11 Å². The highest BCUT2D eigenvalue weighted by Gasteiger charge is 2.61. The zero-order valence-corrected chi connectivity index (χ0v) is 8.59. The van der Waals surface area contributed by atoms with Gasteiger partial charge in [0.1, 0.15) is 0 Å². The van der Waals surface area contributed by atoms with Crippen molar-refractivity contribution in [2.45, 2.75) is 46.6 Å². The monoisotopic (exact) mass is 168 g/mol. The lowest BCUT2D eigenvalue weighted by molar-refractivity contribution is -0.0501. The Morgan fingerprint density at radius 1 is 1.17 bits per heavy atom. The molecule has 4 atom stereocenters. The molecule has 0 aromatic rings. The first-order valence-corrected chi connectivity index (χ1v) is 5.06. The number of hydrogen-bond donors (Lipinski definition) is 1. The Morgan fingerprint density at radius 2 is 1.75 bits per heavy atom. The van der Waals surface area contributed by atoms with Gasteiger partial charge in [-0.1, -0.05) is 27.7 Å². The van der Waals surface area contributed by atoms with Crippen molar-refractivity contribution in [3.05, 3.63) is 0 Å². The van der Waals surface area contributed by atoms with Gasteiger partial charge in [-0.2, -0.15) is 0 Å². The first-order valence-electron chi connectivity index (χ1n) is 5.06. The van der Waals surface area contributed by atoms with E-state index in [1.165, 1.54) is 12.8 Å². The Balaban J connectivity index is 2.36. The number of rotatable bonds is 0. The van der Waals surface area contributed by atoms with E-state index in [1.807, 2.05) is 0 Å². The lowest BCUT2D eigenvalue weighted by Crippen LogP contribution is -2.42. The molecule has 1 nitrogen and oxygen atoms in total. The first kappa shape index (κ1) is 8.55. The second-order valence-corrected chi connectivity index (χ2v) is 5.87. The fraction of sp³-hybridized carbons (Fsp3) is 1.00. The van der Waals surface area contributed by atoms with Crippen LogP contribution in [0.4, 0.5) is 0 Å². The van der Waals surface area contributed by atoms with E-state index in [9.17, 15) is 5.11 Å². The van der Waals surface area contributed by atoms with Gasteiger partial charge >= 0.3 is 0 Å². The standard InChI is InChI=1S/C11H20O/c1-7-5-11(4)6-8(7)10(2,3)9(11)12/h7-9,12H,5-6H2,1-4H3/t7?,8-,9+,11+/m0/s1. The molecule has 0 aliphatic heterocycles. The van der Waals surface area contributed by atoms with Gasteiger partial charge in [0.15, 0.2) is 0 Å². The van der Waals surface area contributed by atoms with Crippen LogP contribution in [0, 0.1) is 22.7 Å². The topological polar surface area (TPSA) is 20.2 Å². The van der Waals surface area contributed by atoms with E-state index in [4.69, 9.17) is 0 Å². The molecule has 0 spiro atoms. The van der Waals surface area contributed by atoms with Crippen LogP contribution in [0.1, 0.15) is 40.5 Å². The molecular formula is C11H20O. The number of fused-ring (bicyclic) bond motifs is 2. The summed E-state index contributed by atoms with van der Waals surface area (Å²) >= 11 is 0. The van der Waals surface area contributed by atoms with E-state index in [2.05, 4.69) is 27.7 Å². The molecule has 1 heteroatoms. The van der Waals surface area contributed by atoms with Gasteiger partial charge in [-0.15, -0.1) is 0 Å². The summed E-state index contributed by atoms with van der Waals surface area (Å²) in [7, 11) is 0. The average Bonchev–Trinajstić information content (AvgIpc) is 2.32. The molecule has 2 bridgehead atoms. The van der Waals surface area contributed by atoms with Crippen LogP contribution >= 0.6 is 0 Å². The number of hydrogen-bond acceptors (Lipinski definition) is 1. The maximum Gasteiger partial charge on any atom is 0.0647 e. The van der Waals surface area contributed by atoms with Crippen LogP contribution in [0.3, 0.4) is 0 Å². The molecule has 0 amide bonds. The van der Waals surface area contributed by atoms with Crippen LogP contribution in [0.15, 0.2) is 0 Å². The zero-order valence-electron chi connectivity index (χ0n) is 8.59. The quantitative estimate of drug-likeness (QED) is 0.589. The Kier molecular flexibility index (Phi) is 1.47. The fourth-order valence-electron chi connectivity index (χ4n) is 3.99. The minimum atomic E-state index is -0.0776. The second kappa shape index (κ2) is 2.06. The zero-order chi connectivity index (χ0) is 9.15. The summed E-state index contributed by atoms with van der Waals surface area (Å²) in [5, 5.41) is 10.1. The van der Waals surface area contributed by atoms with Crippen LogP contribution < -0.4 is 0 Å². The summed E-state index contributed by atoms with van der Waals surface area (Å²) in [6, 6.07) is 0. The lowest BCUT2D eigenvalue weighted by Gasteiger charge is -2.42. The lowest BCUT2D eigenvalue weighted by atomic mass is 9.66. The van der Waals surface area contributed by atoms with Crippen molar-refractivity contribution in [3.8, 4) is 0 Å². The number of aliphatic hydroxyl groups excluding tert-OH is 1. The average molecular weight is 168 g/mol. The molecule has 12 heavy (non-hydrogen) atoms. The largest absolute Gasteiger partial charge is 0.392 e. The van der Waals surface area contributed by atoms with Gasteiger partial charge in [-0.3, -0.25) is 0 Å². The second-order valence-electron chi connectivity index (χ2n) is 5.87. The molecular weight excluding hydrogens is 148 g/mol. The predicted molar refractivity (Wildman–Crippen MR) is 49.8 cm³/mol. The van der Waals surface area contributed by atoms with Crippen molar-refractivity contribution in [3.63, 3.8) is 0 Å². The Hall–Kier alpha value is -0.0400. The molecule has 0 aromatic heterocycles. The van der Waals surface area contributed by atoms with Crippen LogP contribution in [-0.4, -0.2) is 11.2 Å². The Bertz CT molecular complexity index is 204. The van der Waals surface area contributed by atoms with E-state index in [0.29, 0.717) is 0 Å². The van der Waals surface area contributed by atoms with Gasteiger partial charge in [-0.05, 0) is 35.5 Å². The van der Waals surface area contributed by atoms with E-state index >= 15 is 0 Å². The predicted octanol–water partition coefficient (Wildman–Crippen LogP) is 2.44. The maximum atomic E-state index is 10.1. The summed E-state index contributed by atoms with van der Waals surface area (Å²) < 4.78 is 0. The molecule has 0 aromatic carbocycles. The van der Waals surface area contributed by atoms with E-state index in [0.717, 1.165) is 11.8 Å². The van der Waals surface area contributed by atoms with Crippen molar-refractivity contribution < 1.29 is 5.11 Å². The van der Waals surface area contributed by atoms with Crippen molar-refractivity contribution in [2.75, 3.05) is 0 Å². The molecule has 0 radical (unpaired) electrons. The van der Waals surface area contributed by atoms with Gasteiger partial charge in [0.25, 0.3) is 0 Å². The van der Waals surface area contributed by atoms with Gasteiger partial charge in [0, 0.05) is 0 Å². The summed E-state index contributed by atoms with van der Waals surface area (Å²) in [5.41, 5.74) is 0.389. The Morgan fingerprint density at radius 3 is 2.08 bits per heavy atom. The summed E-state index contributed by atoms with van der Waals surface area (Å²) in [5.74, 6) is 1.56. The third kappa shape index (κ3) is 0.783. The highest BCUT2D eigenvalue weighted by Crippen LogP contribution is 2.64. The minimum Gasteiger partial charge on any atom is -0.392 e. The van der Waals surface area contributed by atoms with Crippen molar-refractivity contribution in [1.29, 1.82) is 0 Å². The summed E-state index contributed by atoms with van der Waals surface area (Å²) in [6.45, 7) is 9.04. The normalized spacial score (nSPS) is 56.2. The molecule has 2 aliphatic carbocycles. The summed E-state index contributed by atoms with van der Waals surface area (Å²) in [6.07, 6.45) is 2.39. The highest BCUT2D eigenvalue weighted by molar-refractivity contribution is 5.10. The van der Waals surface area contributed by atoms with Crippen LogP contribution in [0.2, 0.25) is 0 Å². The molecule has 2 aliphatic rings. The van der Waals surface area contributed by atoms with E-state index < -0.39 is 0 Å². The van der Waals surface area contributed by atoms with Crippen molar-refractivity contribution in [2.24, 2.45) is 22.7 Å². The smallest absolute Gasteiger partial charge is 0.0647 e. The molecule has 70 valence electrons. The van der Waals surface area contributed by atoms with Crippen molar-refractivity contribution >= 4 is 0 Å². The van der Waals surface area contributed by atoms with Gasteiger partial charge in [0.2, 0.25) is 0 Å². The van der Waals surface area contributed by atoms with Gasteiger partial charge in [-0.25, -0.2) is 0 Å². The van der Waals surface area contributed by atoms with E-state index in [-0.39, 0.29) is 16.9 Å². The molecule has 1 N–H and O–H groups in total. The van der Waals surface area contributed by atoms with Crippen LogP contribution in [0.25, 0.3) is 0 Å². The third-order valence-electron chi connectivity index (χ3n) is 4.48.